The van der Waals surface area contributed by atoms with Crippen molar-refractivity contribution in [2.45, 2.75) is 31.8 Å². The average molecular weight is 252 g/mol. The van der Waals surface area contributed by atoms with Gasteiger partial charge >= 0.3 is 0 Å². The Hall–Kier alpha value is -1.29. The van der Waals surface area contributed by atoms with Crippen LogP contribution in [0.15, 0.2) is 18.2 Å². The quantitative estimate of drug-likeness (QED) is 0.894. The van der Waals surface area contributed by atoms with Gasteiger partial charge in [-0.1, -0.05) is 0 Å². The normalized spacial score (nSPS) is 24.1. The van der Waals surface area contributed by atoms with Crippen LogP contribution in [0.25, 0.3) is 0 Å². The van der Waals surface area contributed by atoms with Crippen LogP contribution in [0, 0.1) is 5.82 Å². The number of ether oxygens (including phenoxy) is 1. The summed E-state index contributed by atoms with van der Waals surface area (Å²) in [5.74, 6) is 0.00875. The molecule has 0 aromatic heterocycles. The zero-order valence-corrected chi connectivity index (χ0v) is 11.2. The first kappa shape index (κ1) is 13.1. The second-order valence-electron chi connectivity index (χ2n) is 4.87. The molecule has 0 radical (unpaired) electrons. The Morgan fingerprint density at radius 3 is 2.78 bits per heavy atom. The van der Waals surface area contributed by atoms with Crippen molar-refractivity contribution in [3.8, 4) is 5.75 Å². The number of anilines is 1. The maximum absolute atomic E-state index is 13.7. The smallest absolute Gasteiger partial charge is 0.167 e. The molecule has 0 bridgehead atoms. The maximum Gasteiger partial charge on any atom is 0.167 e. The Morgan fingerprint density at radius 1 is 1.44 bits per heavy atom. The van der Waals surface area contributed by atoms with Crippen molar-refractivity contribution >= 4 is 5.69 Å². The van der Waals surface area contributed by atoms with Crippen LogP contribution in [-0.2, 0) is 0 Å². The van der Waals surface area contributed by atoms with Crippen LogP contribution in [0.2, 0.25) is 0 Å². The third kappa shape index (κ3) is 2.58. The predicted molar refractivity (Wildman–Crippen MR) is 71.8 cm³/mol. The largest absolute Gasteiger partial charge is 0.494 e. The van der Waals surface area contributed by atoms with Gasteiger partial charge in [-0.25, -0.2) is 4.39 Å². The van der Waals surface area contributed by atoms with Gasteiger partial charge < -0.3 is 15.0 Å². The van der Waals surface area contributed by atoms with Crippen molar-refractivity contribution in [1.82, 2.24) is 5.32 Å². The van der Waals surface area contributed by atoms with Crippen molar-refractivity contribution in [1.29, 1.82) is 0 Å². The van der Waals surface area contributed by atoms with Crippen LogP contribution < -0.4 is 15.0 Å². The van der Waals surface area contributed by atoms with E-state index in [0.717, 1.165) is 25.1 Å². The van der Waals surface area contributed by atoms with E-state index in [1.54, 1.807) is 12.1 Å². The van der Waals surface area contributed by atoms with E-state index in [-0.39, 0.29) is 5.82 Å². The third-order valence-electron chi connectivity index (χ3n) is 3.75. The molecule has 18 heavy (non-hydrogen) atoms. The Kier molecular flexibility index (Phi) is 4.07. The van der Waals surface area contributed by atoms with Gasteiger partial charge in [-0.2, -0.15) is 0 Å². The molecule has 1 N–H and O–H groups in total. The van der Waals surface area contributed by atoms with Crippen LogP contribution in [0.1, 0.15) is 19.8 Å². The van der Waals surface area contributed by atoms with Crippen LogP contribution >= 0.6 is 0 Å². The standard InChI is InChI=1S/C14H21FN2O/c1-10-8-11(16-2)6-7-17(10)12-4-5-14(18-3)13(15)9-12/h4-5,9-11,16H,6-8H2,1-3H3. The summed E-state index contributed by atoms with van der Waals surface area (Å²) in [5.41, 5.74) is 0.940. The number of rotatable bonds is 3. The first-order valence-corrected chi connectivity index (χ1v) is 6.43. The second kappa shape index (κ2) is 5.57. The summed E-state index contributed by atoms with van der Waals surface area (Å²) in [4.78, 5) is 2.26. The Bertz CT molecular complexity index is 411. The van der Waals surface area contributed by atoms with Gasteiger partial charge in [0.1, 0.15) is 0 Å². The van der Waals surface area contributed by atoms with E-state index in [1.807, 2.05) is 13.1 Å². The summed E-state index contributed by atoms with van der Waals surface area (Å²) in [6.07, 6.45) is 2.18. The number of halogens is 1. The zero-order chi connectivity index (χ0) is 13.1. The van der Waals surface area contributed by atoms with Crippen molar-refractivity contribution in [3.63, 3.8) is 0 Å². The van der Waals surface area contributed by atoms with Gasteiger partial charge in [-0.15, -0.1) is 0 Å². The Labute approximate surface area is 108 Å². The van der Waals surface area contributed by atoms with E-state index in [9.17, 15) is 4.39 Å². The summed E-state index contributed by atoms with van der Waals surface area (Å²) in [5, 5.41) is 3.32. The number of piperidine rings is 1. The number of hydrogen-bond acceptors (Lipinski definition) is 3. The lowest BCUT2D eigenvalue weighted by molar-refractivity contribution is 0.380. The molecular weight excluding hydrogens is 231 g/mol. The topological polar surface area (TPSA) is 24.5 Å². The molecular formula is C14H21FN2O. The van der Waals surface area contributed by atoms with E-state index in [1.165, 1.54) is 7.11 Å². The second-order valence-corrected chi connectivity index (χ2v) is 4.87. The summed E-state index contributed by atoms with van der Waals surface area (Å²) in [6, 6.07) is 6.18. The van der Waals surface area contributed by atoms with E-state index < -0.39 is 0 Å². The molecule has 1 aromatic carbocycles. The van der Waals surface area contributed by atoms with E-state index >= 15 is 0 Å². The highest BCUT2D eigenvalue weighted by Gasteiger charge is 2.25. The van der Waals surface area contributed by atoms with Crippen LogP contribution in [0.3, 0.4) is 0 Å². The highest BCUT2D eigenvalue weighted by molar-refractivity contribution is 5.51. The monoisotopic (exact) mass is 252 g/mol. The first-order valence-electron chi connectivity index (χ1n) is 6.43. The van der Waals surface area contributed by atoms with Crippen molar-refractivity contribution in [2.75, 3.05) is 25.6 Å². The minimum Gasteiger partial charge on any atom is -0.494 e. The van der Waals surface area contributed by atoms with Gasteiger partial charge in [-0.05, 0) is 38.9 Å². The fraction of sp³-hybridized carbons (Fsp3) is 0.571. The lowest BCUT2D eigenvalue weighted by Gasteiger charge is -2.39. The lowest BCUT2D eigenvalue weighted by Crippen LogP contribution is -2.46. The number of benzene rings is 1. The number of hydrogen-bond donors (Lipinski definition) is 1. The van der Waals surface area contributed by atoms with Gasteiger partial charge in [0.15, 0.2) is 11.6 Å². The predicted octanol–water partition coefficient (Wildman–Crippen LogP) is 2.41. The minimum atomic E-state index is -0.294. The van der Waals surface area contributed by atoms with E-state index in [0.29, 0.717) is 17.8 Å². The number of nitrogens with zero attached hydrogens (tertiary/aromatic N) is 1. The molecule has 2 atom stereocenters. The molecule has 3 nitrogen and oxygen atoms in total. The van der Waals surface area contributed by atoms with Crippen LogP contribution in [0.4, 0.5) is 10.1 Å². The lowest BCUT2D eigenvalue weighted by atomic mass is 9.97. The summed E-state index contributed by atoms with van der Waals surface area (Å²) in [6.45, 7) is 3.14. The van der Waals surface area contributed by atoms with Gasteiger partial charge in [0.25, 0.3) is 0 Å². The molecule has 2 rings (SSSR count). The van der Waals surface area contributed by atoms with Crippen molar-refractivity contribution in [3.05, 3.63) is 24.0 Å². The summed E-state index contributed by atoms with van der Waals surface area (Å²) in [7, 11) is 3.49. The summed E-state index contributed by atoms with van der Waals surface area (Å²) >= 11 is 0. The highest BCUT2D eigenvalue weighted by atomic mass is 19.1. The van der Waals surface area contributed by atoms with Gasteiger partial charge in [0, 0.05) is 30.4 Å². The minimum absolute atomic E-state index is 0.294. The molecule has 1 fully saturated rings. The van der Waals surface area contributed by atoms with Gasteiger partial charge in [0.2, 0.25) is 0 Å². The van der Waals surface area contributed by atoms with Crippen molar-refractivity contribution in [2.24, 2.45) is 0 Å². The Morgan fingerprint density at radius 2 is 2.22 bits per heavy atom. The van der Waals surface area contributed by atoms with Crippen molar-refractivity contribution < 1.29 is 9.13 Å². The van der Waals surface area contributed by atoms with Crippen LogP contribution in [-0.4, -0.2) is 32.8 Å². The number of nitrogens with one attached hydrogen (secondary N) is 1. The first-order chi connectivity index (χ1) is 8.65. The maximum atomic E-state index is 13.7. The van der Waals surface area contributed by atoms with E-state index in [4.69, 9.17) is 4.74 Å². The molecule has 1 heterocycles. The molecule has 1 saturated heterocycles. The molecule has 0 spiro atoms. The van der Waals surface area contributed by atoms with E-state index in [2.05, 4.69) is 17.1 Å². The molecule has 100 valence electrons. The van der Waals surface area contributed by atoms with Gasteiger partial charge in [-0.3, -0.25) is 0 Å². The highest BCUT2D eigenvalue weighted by Crippen LogP contribution is 2.28. The zero-order valence-electron chi connectivity index (χ0n) is 11.2. The molecule has 0 aliphatic carbocycles. The summed E-state index contributed by atoms with van der Waals surface area (Å²) < 4.78 is 18.7. The molecule has 4 heteroatoms. The molecule has 2 unspecified atom stereocenters. The molecule has 0 amide bonds. The average Bonchev–Trinajstić information content (AvgIpc) is 2.38. The fourth-order valence-electron chi connectivity index (χ4n) is 2.65. The molecule has 1 aliphatic heterocycles. The van der Waals surface area contributed by atoms with Crippen LogP contribution in [0.5, 0.6) is 5.75 Å². The Balaban J connectivity index is 2.14. The molecule has 1 aromatic rings. The molecule has 1 aliphatic rings. The SMILES string of the molecule is CNC1CCN(c2ccc(OC)c(F)c2)C(C)C1. The van der Waals surface area contributed by atoms with Gasteiger partial charge in [0.05, 0.1) is 7.11 Å². The third-order valence-corrected chi connectivity index (χ3v) is 3.75. The number of methoxy groups -OCH3 is 1. The fourth-order valence-corrected chi connectivity index (χ4v) is 2.65. The molecule has 0 saturated carbocycles.